The van der Waals surface area contributed by atoms with E-state index in [1.54, 1.807) is 36.5 Å². The van der Waals surface area contributed by atoms with Crippen molar-refractivity contribution in [1.29, 1.82) is 0 Å². The largest absolute Gasteiger partial charge is 0.394 e. The van der Waals surface area contributed by atoms with E-state index in [0.29, 0.717) is 40.7 Å². The number of nitrogens with one attached hydrogen (secondary N) is 2. The smallest absolute Gasteiger partial charge is 0.251 e. The Balaban J connectivity index is 1.43. The number of aliphatic hydroxyl groups excluding tert-OH is 1. The second-order valence-corrected chi connectivity index (χ2v) is 7.29. The van der Waals surface area contributed by atoms with Crippen molar-refractivity contribution in [3.05, 3.63) is 89.9 Å². The second kappa shape index (κ2) is 9.96. The maximum atomic E-state index is 13.5. The van der Waals surface area contributed by atoms with Crippen LogP contribution in [0.15, 0.2) is 67.1 Å². The van der Waals surface area contributed by atoms with E-state index < -0.39 is 11.9 Å². The van der Waals surface area contributed by atoms with Gasteiger partial charge in [0.05, 0.1) is 19.2 Å². The molecule has 168 valence electrons. The van der Waals surface area contributed by atoms with Gasteiger partial charge in [-0.25, -0.2) is 14.4 Å². The molecule has 0 spiro atoms. The van der Waals surface area contributed by atoms with Gasteiger partial charge in [-0.3, -0.25) is 4.79 Å². The summed E-state index contributed by atoms with van der Waals surface area (Å²) in [5.74, 6) is 0.490. The number of hydrogen-bond donors (Lipinski definition) is 3. The summed E-state index contributed by atoms with van der Waals surface area (Å²) in [6, 6.07) is 13.7. The molecular formula is C23H22FN7O2. The summed E-state index contributed by atoms with van der Waals surface area (Å²) in [6.07, 6.45) is 3.09. The van der Waals surface area contributed by atoms with Crippen LogP contribution in [0.2, 0.25) is 0 Å². The number of amides is 1. The molecule has 4 aromatic rings. The summed E-state index contributed by atoms with van der Waals surface area (Å²) in [4.78, 5) is 20.8. The maximum absolute atomic E-state index is 13.5. The van der Waals surface area contributed by atoms with Gasteiger partial charge in [-0.05, 0) is 42.0 Å². The minimum absolute atomic E-state index is 0.353. The predicted molar refractivity (Wildman–Crippen MR) is 119 cm³/mol. The van der Waals surface area contributed by atoms with Crippen LogP contribution < -0.4 is 10.6 Å². The summed E-state index contributed by atoms with van der Waals surface area (Å²) < 4.78 is 15.3. The van der Waals surface area contributed by atoms with Crippen molar-refractivity contribution in [1.82, 2.24) is 30.0 Å². The van der Waals surface area contributed by atoms with Crippen molar-refractivity contribution in [3.63, 3.8) is 0 Å². The summed E-state index contributed by atoms with van der Waals surface area (Å²) >= 11 is 0. The van der Waals surface area contributed by atoms with E-state index >= 15 is 0 Å². The molecule has 33 heavy (non-hydrogen) atoms. The molecule has 4 rings (SSSR count). The van der Waals surface area contributed by atoms with E-state index in [-0.39, 0.29) is 12.5 Å². The molecule has 10 heteroatoms. The Morgan fingerprint density at radius 1 is 1.15 bits per heavy atom. The number of nitrogens with zero attached hydrogens (tertiary/aromatic N) is 5. The fraction of sp³-hybridized carbons (Fsp3) is 0.174. The molecule has 0 saturated heterocycles. The van der Waals surface area contributed by atoms with Crippen LogP contribution in [0.3, 0.4) is 0 Å². The number of carbonyl (C=O) groups excluding carboxylic acids is 1. The molecule has 0 saturated carbocycles. The first-order valence-electron chi connectivity index (χ1n) is 10.2. The van der Waals surface area contributed by atoms with Gasteiger partial charge in [0, 0.05) is 24.5 Å². The summed E-state index contributed by atoms with van der Waals surface area (Å²) in [6.45, 7) is 0.0240. The zero-order valence-corrected chi connectivity index (χ0v) is 17.8. The molecule has 0 aliphatic carbocycles. The Labute approximate surface area is 189 Å². The molecule has 2 heterocycles. The fourth-order valence-electron chi connectivity index (χ4n) is 3.31. The van der Waals surface area contributed by atoms with Crippen molar-refractivity contribution in [2.75, 3.05) is 11.9 Å². The van der Waals surface area contributed by atoms with Crippen molar-refractivity contribution in [2.24, 2.45) is 7.05 Å². The Hall–Kier alpha value is -4.18. The zero-order valence-electron chi connectivity index (χ0n) is 17.8. The van der Waals surface area contributed by atoms with Gasteiger partial charge in [-0.1, -0.05) is 18.2 Å². The van der Waals surface area contributed by atoms with E-state index in [9.17, 15) is 14.3 Å². The lowest BCUT2D eigenvalue weighted by Gasteiger charge is -2.17. The molecule has 0 radical (unpaired) electrons. The van der Waals surface area contributed by atoms with Gasteiger partial charge in [0.25, 0.3) is 5.91 Å². The SMILES string of the molecule is Cn1c(CNc2cccc(C(=O)NC(CO)c3cccc(F)c3)c2)nnc1-c1ccncn1. The lowest BCUT2D eigenvalue weighted by Crippen LogP contribution is -2.30. The number of carbonyl (C=O) groups is 1. The molecule has 0 aliphatic rings. The topological polar surface area (TPSA) is 118 Å². The highest BCUT2D eigenvalue weighted by Crippen LogP contribution is 2.18. The predicted octanol–water partition coefficient (Wildman–Crippen LogP) is 2.49. The lowest BCUT2D eigenvalue weighted by molar-refractivity contribution is 0.0916. The molecule has 3 N–H and O–H groups in total. The minimum atomic E-state index is -0.719. The minimum Gasteiger partial charge on any atom is -0.394 e. The van der Waals surface area contributed by atoms with E-state index in [1.165, 1.54) is 24.5 Å². The molecule has 1 unspecified atom stereocenters. The number of halogens is 1. The molecule has 2 aromatic carbocycles. The van der Waals surface area contributed by atoms with Gasteiger partial charge in [-0.2, -0.15) is 0 Å². The summed E-state index contributed by atoms with van der Waals surface area (Å²) in [5.41, 5.74) is 2.26. The zero-order chi connectivity index (χ0) is 23.2. The van der Waals surface area contributed by atoms with Crippen LogP contribution in [-0.4, -0.2) is 42.4 Å². The van der Waals surface area contributed by atoms with Crippen LogP contribution in [0.5, 0.6) is 0 Å². The van der Waals surface area contributed by atoms with Crippen molar-refractivity contribution in [2.45, 2.75) is 12.6 Å². The highest BCUT2D eigenvalue weighted by Gasteiger charge is 2.16. The van der Waals surface area contributed by atoms with Crippen LogP contribution in [0, 0.1) is 5.82 Å². The van der Waals surface area contributed by atoms with Gasteiger partial charge < -0.3 is 20.3 Å². The third-order valence-corrected chi connectivity index (χ3v) is 5.09. The molecule has 1 amide bonds. The van der Waals surface area contributed by atoms with Crippen molar-refractivity contribution < 1.29 is 14.3 Å². The quantitative estimate of drug-likeness (QED) is 0.380. The highest BCUT2D eigenvalue weighted by molar-refractivity contribution is 5.95. The molecule has 9 nitrogen and oxygen atoms in total. The van der Waals surface area contributed by atoms with Crippen LogP contribution >= 0.6 is 0 Å². The Kier molecular flexibility index (Phi) is 6.65. The molecular weight excluding hydrogens is 425 g/mol. The first-order valence-corrected chi connectivity index (χ1v) is 10.2. The average Bonchev–Trinajstić information content (AvgIpc) is 3.22. The highest BCUT2D eigenvalue weighted by atomic mass is 19.1. The average molecular weight is 447 g/mol. The van der Waals surface area contributed by atoms with Gasteiger partial charge in [-0.15, -0.1) is 10.2 Å². The number of anilines is 1. The van der Waals surface area contributed by atoms with Crippen LogP contribution in [0.1, 0.15) is 27.8 Å². The Bertz CT molecular complexity index is 1250. The second-order valence-electron chi connectivity index (χ2n) is 7.29. The number of rotatable bonds is 8. The standard InChI is InChI=1S/C23H22FN7O2/c1-31-21(29-30-22(31)19-8-9-25-14-27-19)12-26-18-7-3-5-16(11-18)23(33)28-20(13-32)15-4-2-6-17(24)10-15/h2-11,14,20,26,32H,12-13H2,1H3,(H,28,33). The normalized spacial score (nSPS) is 11.7. The van der Waals surface area contributed by atoms with Crippen LogP contribution in [0.25, 0.3) is 11.5 Å². The van der Waals surface area contributed by atoms with Gasteiger partial charge in [0.1, 0.15) is 17.8 Å². The van der Waals surface area contributed by atoms with Crippen LogP contribution in [-0.2, 0) is 13.6 Å². The number of benzene rings is 2. The molecule has 2 aromatic heterocycles. The number of aromatic nitrogens is 5. The van der Waals surface area contributed by atoms with E-state index in [4.69, 9.17) is 0 Å². The fourth-order valence-corrected chi connectivity index (χ4v) is 3.31. The monoisotopic (exact) mass is 447 g/mol. The van der Waals surface area contributed by atoms with Crippen molar-refractivity contribution in [3.8, 4) is 11.5 Å². The molecule has 0 aliphatic heterocycles. The van der Waals surface area contributed by atoms with Gasteiger partial charge in [0.2, 0.25) is 0 Å². The van der Waals surface area contributed by atoms with Gasteiger partial charge >= 0.3 is 0 Å². The lowest BCUT2D eigenvalue weighted by atomic mass is 10.1. The number of hydrogen-bond acceptors (Lipinski definition) is 7. The Morgan fingerprint density at radius 2 is 2.00 bits per heavy atom. The first-order chi connectivity index (χ1) is 16.0. The maximum Gasteiger partial charge on any atom is 0.251 e. The molecule has 1 atom stereocenters. The summed E-state index contributed by atoms with van der Waals surface area (Å²) in [7, 11) is 1.85. The Morgan fingerprint density at radius 3 is 2.76 bits per heavy atom. The number of aliphatic hydroxyl groups is 1. The first kappa shape index (κ1) is 22.0. The molecule has 0 bridgehead atoms. The van der Waals surface area contributed by atoms with Crippen molar-refractivity contribution >= 4 is 11.6 Å². The third kappa shape index (κ3) is 5.18. The third-order valence-electron chi connectivity index (χ3n) is 5.09. The van der Waals surface area contributed by atoms with E-state index in [1.807, 2.05) is 17.7 Å². The van der Waals surface area contributed by atoms with Gasteiger partial charge in [0.15, 0.2) is 11.6 Å². The van der Waals surface area contributed by atoms with E-state index in [0.717, 1.165) is 0 Å². The molecule has 0 fully saturated rings. The van der Waals surface area contributed by atoms with Crippen LogP contribution in [0.4, 0.5) is 10.1 Å². The summed E-state index contributed by atoms with van der Waals surface area (Å²) in [5, 5.41) is 24.0. The van der Waals surface area contributed by atoms with E-state index in [2.05, 4.69) is 30.8 Å².